The lowest BCUT2D eigenvalue weighted by Gasteiger charge is -2.25. The third kappa shape index (κ3) is 9.48. The van der Waals surface area contributed by atoms with Crippen molar-refractivity contribution in [1.29, 1.82) is 0 Å². The van der Waals surface area contributed by atoms with Gasteiger partial charge in [0, 0.05) is 13.0 Å². The van der Waals surface area contributed by atoms with Crippen molar-refractivity contribution in [2.24, 2.45) is 0 Å². The molecular formula is C27H38N2O10. The van der Waals surface area contributed by atoms with Crippen molar-refractivity contribution in [3.63, 3.8) is 0 Å². The Hall–Kier alpha value is -3.22. The van der Waals surface area contributed by atoms with Gasteiger partial charge in [-0.3, -0.25) is 9.59 Å². The summed E-state index contributed by atoms with van der Waals surface area (Å²) in [6, 6.07) is 7.95. The zero-order valence-corrected chi connectivity index (χ0v) is 22.9. The van der Waals surface area contributed by atoms with Crippen LogP contribution in [-0.4, -0.2) is 77.4 Å². The van der Waals surface area contributed by atoms with Crippen LogP contribution < -0.4 is 10.6 Å². The van der Waals surface area contributed by atoms with Crippen LogP contribution in [0.2, 0.25) is 0 Å². The Morgan fingerprint density at radius 3 is 2.31 bits per heavy atom. The van der Waals surface area contributed by atoms with Gasteiger partial charge in [0.05, 0.1) is 12.5 Å². The molecule has 3 rings (SSSR count). The van der Waals surface area contributed by atoms with Crippen LogP contribution in [-0.2, 0) is 44.7 Å². The van der Waals surface area contributed by atoms with Gasteiger partial charge in [0.1, 0.15) is 36.6 Å². The van der Waals surface area contributed by atoms with E-state index in [0.717, 1.165) is 5.56 Å². The molecule has 0 aliphatic carbocycles. The first-order chi connectivity index (χ1) is 18.2. The second-order valence-electron chi connectivity index (χ2n) is 11.0. The number of carbonyl (C=O) groups is 4. The topological polar surface area (TPSA) is 159 Å². The number of alkyl carbamates (subject to hydrolysis) is 1. The van der Waals surface area contributed by atoms with Gasteiger partial charge in [-0.1, -0.05) is 30.3 Å². The van der Waals surface area contributed by atoms with Crippen molar-refractivity contribution in [2.75, 3.05) is 6.54 Å². The Morgan fingerprint density at radius 1 is 1.05 bits per heavy atom. The largest absolute Gasteiger partial charge is 0.481 e. The van der Waals surface area contributed by atoms with Gasteiger partial charge in [-0.25, -0.2) is 9.59 Å². The number of aliphatic carboxylic acids is 1. The van der Waals surface area contributed by atoms with E-state index in [-0.39, 0.29) is 32.4 Å². The predicted octanol–water partition coefficient (Wildman–Crippen LogP) is 2.28. The van der Waals surface area contributed by atoms with Gasteiger partial charge in [0.25, 0.3) is 0 Å². The lowest BCUT2D eigenvalue weighted by atomic mass is 10.1. The monoisotopic (exact) mass is 550 g/mol. The van der Waals surface area contributed by atoms with Crippen molar-refractivity contribution in [2.45, 2.75) is 102 Å². The maximum Gasteiger partial charge on any atom is 0.408 e. The highest BCUT2D eigenvalue weighted by molar-refractivity contribution is 5.83. The summed E-state index contributed by atoms with van der Waals surface area (Å²) in [6.45, 7) is 8.63. The number of ether oxygens (including phenoxy) is 5. The fraction of sp³-hybridized carbons (Fsp3) is 0.630. The molecule has 1 aromatic rings. The van der Waals surface area contributed by atoms with Crippen molar-refractivity contribution < 1.29 is 48.0 Å². The molecule has 0 bridgehead atoms. The quantitative estimate of drug-likeness (QED) is 0.349. The normalized spacial score (nSPS) is 24.3. The summed E-state index contributed by atoms with van der Waals surface area (Å²) < 4.78 is 28.2. The predicted molar refractivity (Wildman–Crippen MR) is 136 cm³/mol. The minimum Gasteiger partial charge on any atom is -0.481 e. The van der Waals surface area contributed by atoms with E-state index in [9.17, 15) is 24.3 Å². The van der Waals surface area contributed by atoms with Crippen LogP contribution in [0.5, 0.6) is 0 Å². The molecule has 39 heavy (non-hydrogen) atoms. The molecule has 12 heteroatoms. The van der Waals surface area contributed by atoms with E-state index in [1.165, 1.54) is 0 Å². The van der Waals surface area contributed by atoms with Crippen LogP contribution in [0, 0.1) is 0 Å². The van der Waals surface area contributed by atoms with E-state index in [1.54, 1.807) is 46.8 Å². The molecule has 2 saturated heterocycles. The molecule has 3 N–H and O–H groups in total. The number of benzene rings is 1. The van der Waals surface area contributed by atoms with Gasteiger partial charge in [0.2, 0.25) is 5.91 Å². The smallest absolute Gasteiger partial charge is 0.408 e. The lowest BCUT2D eigenvalue weighted by molar-refractivity contribution is -0.188. The van der Waals surface area contributed by atoms with Crippen LogP contribution in [0.3, 0.4) is 0 Å². The molecule has 12 nitrogen and oxygen atoms in total. The van der Waals surface area contributed by atoms with E-state index in [2.05, 4.69) is 10.6 Å². The molecular weight excluding hydrogens is 512 g/mol. The summed E-state index contributed by atoms with van der Waals surface area (Å²) in [7, 11) is 0. The molecule has 2 heterocycles. The third-order valence-electron chi connectivity index (χ3n) is 5.98. The molecule has 0 aromatic heterocycles. The number of carboxylic acids is 1. The molecule has 2 fully saturated rings. The van der Waals surface area contributed by atoms with Crippen LogP contribution in [0.4, 0.5) is 4.79 Å². The highest BCUT2D eigenvalue weighted by Gasteiger charge is 2.55. The van der Waals surface area contributed by atoms with E-state index in [1.807, 2.05) is 18.2 Å². The molecule has 216 valence electrons. The third-order valence-corrected chi connectivity index (χ3v) is 5.98. The summed E-state index contributed by atoms with van der Waals surface area (Å²) in [5, 5.41) is 14.4. The number of hydrogen-bond donors (Lipinski definition) is 3. The second kappa shape index (κ2) is 12.8. The van der Waals surface area contributed by atoms with Crippen molar-refractivity contribution in [3.05, 3.63) is 35.9 Å². The molecule has 0 saturated carbocycles. The Morgan fingerprint density at radius 2 is 1.69 bits per heavy atom. The van der Waals surface area contributed by atoms with Crippen molar-refractivity contribution in [1.82, 2.24) is 10.6 Å². The van der Waals surface area contributed by atoms with Gasteiger partial charge in [-0.2, -0.15) is 0 Å². The number of amides is 2. The van der Waals surface area contributed by atoms with Crippen molar-refractivity contribution in [3.8, 4) is 0 Å². The van der Waals surface area contributed by atoms with Gasteiger partial charge in [-0.15, -0.1) is 0 Å². The maximum atomic E-state index is 12.7. The highest BCUT2D eigenvalue weighted by atomic mass is 16.8. The molecule has 2 amide bonds. The average Bonchev–Trinajstić information content (AvgIpc) is 3.31. The van der Waals surface area contributed by atoms with Crippen LogP contribution >= 0.6 is 0 Å². The Labute approximate surface area is 227 Å². The fourth-order valence-electron chi connectivity index (χ4n) is 4.38. The van der Waals surface area contributed by atoms with E-state index in [0.29, 0.717) is 0 Å². The van der Waals surface area contributed by atoms with Crippen LogP contribution in [0.15, 0.2) is 30.3 Å². The molecule has 2 aliphatic heterocycles. The zero-order chi connectivity index (χ0) is 28.8. The fourth-order valence-corrected chi connectivity index (χ4v) is 4.38. The van der Waals surface area contributed by atoms with E-state index < -0.39 is 65.8 Å². The summed E-state index contributed by atoms with van der Waals surface area (Å²) in [5.74, 6) is -3.02. The van der Waals surface area contributed by atoms with Gasteiger partial charge in [-0.05, 0) is 46.6 Å². The number of hydrogen-bond acceptors (Lipinski definition) is 9. The lowest BCUT2D eigenvalue weighted by Crippen LogP contribution is -2.45. The average molecular weight is 551 g/mol. The standard InChI is InChI=1S/C27H38N2O10/c1-26(2,3)39-24(33)17(29-25(34)35-15-16-9-7-6-8-10-16)11-12-20(30)28-14-19-23-22(37-27(4,5)38-23)18(36-19)13-21(31)32/h6-10,17-19,22-23H,11-15H2,1-5H3,(H,28,30)(H,29,34)(H,31,32)/t17-,18-,19+,22-,23+/m0/s1. The molecule has 0 radical (unpaired) electrons. The van der Waals surface area contributed by atoms with Crippen LogP contribution in [0.25, 0.3) is 0 Å². The first-order valence-electron chi connectivity index (χ1n) is 12.9. The summed E-state index contributed by atoms with van der Waals surface area (Å²) >= 11 is 0. The van der Waals surface area contributed by atoms with Gasteiger partial charge >= 0.3 is 18.0 Å². The van der Waals surface area contributed by atoms with E-state index >= 15 is 0 Å². The SMILES string of the molecule is CC(C)(C)OC(=O)[C@H](CCC(=O)NC[C@H]1O[C@@H](CC(=O)O)[C@@H]2OC(C)(C)O[C@@H]21)NC(=O)OCc1ccccc1. The van der Waals surface area contributed by atoms with E-state index in [4.69, 9.17) is 23.7 Å². The number of esters is 1. The molecule has 1 aromatic carbocycles. The number of fused-ring (bicyclic) bond motifs is 1. The number of rotatable bonds is 11. The van der Waals surface area contributed by atoms with Gasteiger partial charge < -0.3 is 39.4 Å². The first kappa shape index (κ1) is 30.3. The highest BCUT2D eigenvalue weighted by Crippen LogP contribution is 2.39. The second-order valence-corrected chi connectivity index (χ2v) is 11.0. The summed E-state index contributed by atoms with van der Waals surface area (Å²) in [4.78, 5) is 49.0. The maximum absolute atomic E-state index is 12.7. The summed E-state index contributed by atoms with van der Waals surface area (Å²) in [5.41, 5.74) is -0.0180. The molecule has 0 spiro atoms. The number of carboxylic acid groups (broad SMARTS) is 1. The van der Waals surface area contributed by atoms with Crippen LogP contribution in [0.1, 0.15) is 59.4 Å². The molecule has 0 unspecified atom stereocenters. The summed E-state index contributed by atoms with van der Waals surface area (Å²) in [6.07, 6.45) is -3.64. The Bertz CT molecular complexity index is 1020. The van der Waals surface area contributed by atoms with Gasteiger partial charge in [0.15, 0.2) is 5.79 Å². The number of nitrogens with one attached hydrogen (secondary N) is 2. The van der Waals surface area contributed by atoms with Crippen molar-refractivity contribution >= 4 is 23.9 Å². The minimum atomic E-state index is -1.11. The zero-order valence-electron chi connectivity index (χ0n) is 22.9. The Kier molecular flexibility index (Phi) is 9.92. The Balaban J connectivity index is 1.53. The molecule has 2 aliphatic rings. The number of carbonyl (C=O) groups excluding carboxylic acids is 3. The minimum absolute atomic E-state index is 0.0171. The first-order valence-corrected chi connectivity index (χ1v) is 12.9. The molecule has 5 atom stereocenters.